The van der Waals surface area contributed by atoms with Crippen molar-refractivity contribution in [3.63, 3.8) is 0 Å². The SMILES string of the molecule is CC(C)(C)OC(=O)N1C[C@@H](F)C=C1C(N)=O. The number of nitrogens with two attached hydrogens (primary N) is 1. The molecule has 1 rings (SSSR count). The van der Waals surface area contributed by atoms with Gasteiger partial charge in [0.1, 0.15) is 17.5 Å². The zero-order valence-electron chi connectivity index (χ0n) is 9.49. The van der Waals surface area contributed by atoms with Crippen molar-refractivity contribution < 1.29 is 18.7 Å². The lowest BCUT2D eigenvalue weighted by Crippen LogP contribution is -2.38. The number of hydrogen-bond acceptors (Lipinski definition) is 3. The number of ether oxygens (including phenoxy) is 1. The minimum atomic E-state index is -1.38. The molecule has 0 spiro atoms. The third kappa shape index (κ3) is 2.95. The summed E-state index contributed by atoms with van der Waals surface area (Å²) < 4.78 is 18.1. The van der Waals surface area contributed by atoms with E-state index in [0.717, 1.165) is 11.0 Å². The molecule has 2 amide bonds. The van der Waals surface area contributed by atoms with E-state index in [-0.39, 0.29) is 12.2 Å². The Bertz CT molecular complexity index is 346. The summed E-state index contributed by atoms with van der Waals surface area (Å²) in [7, 11) is 0. The summed E-state index contributed by atoms with van der Waals surface area (Å²) in [5, 5.41) is 0. The number of halogens is 1. The smallest absolute Gasteiger partial charge is 0.415 e. The van der Waals surface area contributed by atoms with Gasteiger partial charge in [-0.1, -0.05) is 0 Å². The van der Waals surface area contributed by atoms with Gasteiger partial charge in [-0.05, 0) is 26.8 Å². The monoisotopic (exact) mass is 230 g/mol. The van der Waals surface area contributed by atoms with Crippen molar-refractivity contribution in [1.29, 1.82) is 0 Å². The van der Waals surface area contributed by atoms with Crippen LogP contribution in [0.15, 0.2) is 11.8 Å². The quantitative estimate of drug-likeness (QED) is 0.728. The molecule has 5 nitrogen and oxygen atoms in total. The molecule has 1 atom stereocenters. The summed E-state index contributed by atoms with van der Waals surface area (Å²) in [4.78, 5) is 23.5. The summed E-state index contributed by atoms with van der Waals surface area (Å²) >= 11 is 0. The van der Waals surface area contributed by atoms with Crippen LogP contribution in [0.25, 0.3) is 0 Å². The summed E-state index contributed by atoms with van der Waals surface area (Å²) in [5.74, 6) is -0.842. The molecule has 0 aromatic carbocycles. The third-order valence-electron chi connectivity index (χ3n) is 1.85. The highest BCUT2D eigenvalue weighted by molar-refractivity contribution is 5.95. The normalized spacial score (nSPS) is 20.6. The lowest BCUT2D eigenvalue weighted by atomic mass is 10.2. The molecule has 0 aromatic rings. The first kappa shape index (κ1) is 12.5. The van der Waals surface area contributed by atoms with Gasteiger partial charge in [-0.3, -0.25) is 9.69 Å². The number of amides is 2. The van der Waals surface area contributed by atoms with Crippen molar-refractivity contribution in [3.8, 4) is 0 Å². The van der Waals surface area contributed by atoms with Gasteiger partial charge in [0.25, 0.3) is 5.91 Å². The zero-order valence-corrected chi connectivity index (χ0v) is 9.49. The molecular weight excluding hydrogens is 215 g/mol. The molecule has 0 radical (unpaired) electrons. The summed E-state index contributed by atoms with van der Waals surface area (Å²) in [6, 6.07) is 0. The molecule has 6 heteroatoms. The standard InChI is InChI=1S/C10H15FN2O3/c1-10(2,3)16-9(15)13-5-6(11)4-7(13)8(12)14/h4,6H,5H2,1-3H3,(H2,12,14)/t6-/m0/s1. The topological polar surface area (TPSA) is 72.6 Å². The molecule has 16 heavy (non-hydrogen) atoms. The predicted molar refractivity (Wildman–Crippen MR) is 55.1 cm³/mol. The van der Waals surface area contributed by atoms with Crippen LogP contribution in [0, 0.1) is 0 Å². The van der Waals surface area contributed by atoms with E-state index in [2.05, 4.69) is 0 Å². The average Bonchev–Trinajstić information content (AvgIpc) is 2.44. The second kappa shape index (κ2) is 4.11. The Morgan fingerprint density at radius 2 is 2.12 bits per heavy atom. The zero-order chi connectivity index (χ0) is 12.5. The molecule has 90 valence electrons. The molecule has 1 aliphatic heterocycles. The molecule has 0 saturated carbocycles. The third-order valence-corrected chi connectivity index (χ3v) is 1.85. The minimum absolute atomic E-state index is 0.151. The number of primary amides is 1. The number of rotatable bonds is 1. The molecule has 1 heterocycles. The van der Waals surface area contributed by atoms with Gasteiger partial charge in [0, 0.05) is 0 Å². The van der Waals surface area contributed by atoms with Crippen molar-refractivity contribution in [2.75, 3.05) is 6.54 Å². The Morgan fingerprint density at radius 1 is 1.56 bits per heavy atom. The van der Waals surface area contributed by atoms with Crippen LogP contribution in [0.5, 0.6) is 0 Å². The van der Waals surface area contributed by atoms with Gasteiger partial charge < -0.3 is 10.5 Å². The summed E-state index contributed by atoms with van der Waals surface area (Å²) in [6.45, 7) is 4.82. The highest BCUT2D eigenvalue weighted by Crippen LogP contribution is 2.20. The molecule has 0 saturated heterocycles. The van der Waals surface area contributed by atoms with Crippen molar-refractivity contribution in [2.24, 2.45) is 5.73 Å². The Balaban J connectivity index is 2.78. The predicted octanol–water partition coefficient (Wildman–Crippen LogP) is 0.944. The maximum Gasteiger partial charge on any atom is 0.415 e. The molecule has 2 N–H and O–H groups in total. The first-order valence-electron chi connectivity index (χ1n) is 4.87. The molecule has 1 aliphatic rings. The summed E-state index contributed by atoms with van der Waals surface area (Å²) in [5.41, 5.74) is 4.18. The first-order chi connectivity index (χ1) is 7.20. The van der Waals surface area contributed by atoms with Gasteiger partial charge >= 0.3 is 6.09 Å². The van der Waals surface area contributed by atoms with E-state index >= 15 is 0 Å². The number of carbonyl (C=O) groups excluding carboxylic acids is 2. The van der Waals surface area contributed by atoms with Crippen LogP contribution in [-0.2, 0) is 9.53 Å². The second-order valence-corrected chi connectivity index (χ2v) is 4.52. The Labute approximate surface area is 93.0 Å². The van der Waals surface area contributed by atoms with Gasteiger partial charge in [-0.2, -0.15) is 0 Å². The number of nitrogens with zero attached hydrogens (tertiary/aromatic N) is 1. The molecule has 0 unspecified atom stereocenters. The Kier molecular flexibility index (Phi) is 3.21. The van der Waals surface area contributed by atoms with E-state index in [1.165, 1.54) is 0 Å². The van der Waals surface area contributed by atoms with Crippen LogP contribution in [-0.4, -0.2) is 35.2 Å². The average molecular weight is 230 g/mol. The highest BCUT2D eigenvalue weighted by Gasteiger charge is 2.33. The van der Waals surface area contributed by atoms with E-state index in [0.29, 0.717) is 0 Å². The second-order valence-electron chi connectivity index (χ2n) is 4.52. The van der Waals surface area contributed by atoms with E-state index in [1.54, 1.807) is 20.8 Å². The largest absolute Gasteiger partial charge is 0.443 e. The van der Waals surface area contributed by atoms with Crippen LogP contribution in [0.1, 0.15) is 20.8 Å². The van der Waals surface area contributed by atoms with E-state index in [9.17, 15) is 14.0 Å². The maximum absolute atomic E-state index is 13.0. The number of hydrogen-bond donors (Lipinski definition) is 1. The minimum Gasteiger partial charge on any atom is -0.443 e. The molecule has 0 fully saturated rings. The van der Waals surface area contributed by atoms with Crippen molar-refractivity contribution in [1.82, 2.24) is 4.90 Å². The maximum atomic E-state index is 13.0. The van der Waals surface area contributed by atoms with Crippen LogP contribution < -0.4 is 5.73 Å². The van der Waals surface area contributed by atoms with Crippen LogP contribution >= 0.6 is 0 Å². The van der Waals surface area contributed by atoms with Crippen molar-refractivity contribution in [3.05, 3.63) is 11.8 Å². The van der Waals surface area contributed by atoms with Crippen LogP contribution in [0.2, 0.25) is 0 Å². The molecule has 0 aliphatic carbocycles. The van der Waals surface area contributed by atoms with Crippen molar-refractivity contribution >= 4 is 12.0 Å². The summed E-state index contributed by atoms with van der Waals surface area (Å²) in [6.07, 6.45) is -1.13. The van der Waals surface area contributed by atoms with E-state index in [1.807, 2.05) is 0 Å². The van der Waals surface area contributed by atoms with Gasteiger partial charge in [0.05, 0.1) is 6.54 Å². The van der Waals surface area contributed by atoms with E-state index < -0.39 is 23.8 Å². The van der Waals surface area contributed by atoms with Gasteiger partial charge in [-0.25, -0.2) is 9.18 Å². The van der Waals surface area contributed by atoms with Gasteiger partial charge in [0.15, 0.2) is 0 Å². The Hall–Kier alpha value is -1.59. The first-order valence-corrected chi connectivity index (χ1v) is 4.87. The fourth-order valence-corrected chi connectivity index (χ4v) is 1.29. The number of carbonyl (C=O) groups is 2. The fourth-order valence-electron chi connectivity index (χ4n) is 1.29. The van der Waals surface area contributed by atoms with E-state index in [4.69, 9.17) is 10.5 Å². The van der Waals surface area contributed by atoms with Crippen LogP contribution in [0.4, 0.5) is 9.18 Å². The number of alkyl halides is 1. The molecular formula is C10H15FN2O3. The van der Waals surface area contributed by atoms with Crippen molar-refractivity contribution in [2.45, 2.75) is 32.5 Å². The molecule has 0 aromatic heterocycles. The van der Waals surface area contributed by atoms with Crippen LogP contribution in [0.3, 0.4) is 0 Å². The highest BCUT2D eigenvalue weighted by atomic mass is 19.1. The van der Waals surface area contributed by atoms with Gasteiger partial charge in [-0.15, -0.1) is 0 Å². The lowest BCUT2D eigenvalue weighted by Gasteiger charge is -2.25. The lowest BCUT2D eigenvalue weighted by molar-refractivity contribution is -0.115. The fraction of sp³-hybridized carbons (Fsp3) is 0.600. The Morgan fingerprint density at radius 3 is 2.56 bits per heavy atom. The van der Waals surface area contributed by atoms with Gasteiger partial charge in [0.2, 0.25) is 0 Å². The molecule has 0 bridgehead atoms.